The fourth-order valence-electron chi connectivity index (χ4n) is 1.47. The van der Waals surface area contributed by atoms with Crippen molar-refractivity contribution in [2.45, 2.75) is 13.8 Å². The van der Waals surface area contributed by atoms with Gasteiger partial charge in [0, 0.05) is 11.8 Å². The van der Waals surface area contributed by atoms with Crippen molar-refractivity contribution >= 4 is 27.5 Å². The molecule has 0 aliphatic heterocycles. The summed E-state index contributed by atoms with van der Waals surface area (Å²) in [5, 5.41) is 0.436. The SMILES string of the molecule is Cc1cccc(-c2ncc(Br)c(Cl)n2)c1C. The highest BCUT2D eigenvalue weighted by atomic mass is 79.9. The molecule has 0 unspecified atom stereocenters. The van der Waals surface area contributed by atoms with Gasteiger partial charge in [0.25, 0.3) is 0 Å². The zero-order valence-corrected chi connectivity index (χ0v) is 11.3. The summed E-state index contributed by atoms with van der Waals surface area (Å²) < 4.78 is 0.711. The molecule has 0 fully saturated rings. The summed E-state index contributed by atoms with van der Waals surface area (Å²) in [5.41, 5.74) is 3.43. The molecule has 2 nitrogen and oxygen atoms in total. The molecule has 0 saturated carbocycles. The topological polar surface area (TPSA) is 25.8 Å². The molecule has 2 rings (SSSR count). The van der Waals surface area contributed by atoms with Crippen molar-refractivity contribution in [3.05, 3.63) is 45.1 Å². The van der Waals surface area contributed by atoms with Crippen LogP contribution < -0.4 is 0 Å². The first-order valence-corrected chi connectivity index (χ1v) is 6.01. The minimum atomic E-state index is 0.436. The second-order valence-electron chi connectivity index (χ2n) is 3.58. The molecule has 4 heteroatoms. The normalized spacial score (nSPS) is 10.5. The molecule has 1 aromatic heterocycles. The second kappa shape index (κ2) is 4.52. The Morgan fingerprint density at radius 2 is 2.00 bits per heavy atom. The van der Waals surface area contributed by atoms with Gasteiger partial charge in [-0.1, -0.05) is 29.8 Å². The molecule has 0 amide bonds. The predicted molar refractivity (Wildman–Crippen MR) is 69.7 cm³/mol. The molecule has 0 bridgehead atoms. The number of benzene rings is 1. The molecular formula is C12H10BrClN2. The minimum absolute atomic E-state index is 0.436. The number of rotatable bonds is 1. The van der Waals surface area contributed by atoms with Crippen LogP contribution in [0.5, 0.6) is 0 Å². The van der Waals surface area contributed by atoms with E-state index in [1.807, 2.05) is 12.1 Å². The highest BCUT2D eigenvalue weighted by molar-refractivity contribution is 9.10. The summed E-state index contributed by atoms with van der Waals surface area (Å²) in [5.74, 6) is 0.661. The molecule has 82 valence electrons. The fourth-order valence-corrected chi connectivity index (χ4v) is 1.79. The number of hydrogen-bond acceptors (Lipinski definition) is 2. The zero-order valence-electron chi connectivity index (χ0n) is 8.96. The van der Waals surface area contributed by atoms with Crippen LogP contribution in [0.1, 0.15) is 11.1 Å². The molecule has 16 heavy (non-hydrogen) atoms. The number of hydrogen-bond donors (Lipinski definition) is 0. The Labute approximate surface area is 108 Å². The number of aryl methyl sites for hydroxylation is 1. The molecule has 0 aliphatic carbocycles. The van der Waals surface area contributed by atoms with E-state index in [9.17, 15) is 0 Å². The van der Waals surface area contributed by atoms with Crippen LogP contribution in [0.15, 0.2) is 28.9 Å². The molecule has 1 heterocycles. The van der Waals surface area contributed by atoms with Crippen LogP contribution in [0.3, 0.4) is 0 Å². The van der Waals surface area contributed by atoms with Gasteiger partial charge in [-0.05, 0) is 40.9 Å². The molecule has 0 radical (unpaired) electrons. The Morgan fingerprint density at radius 3 is 2.69 bits per heavy atom. The van der Waals surface area contributed by atoms with Crippen molar-refractivity contribution in [1.82, 2.24) is 9.97 Å². The number of nitrogens with zero attached hydrogens (tertiary/aromatic N) is 2. The summed E-state index contributed by atoms with van der Waals surface area (Å²) in [6.07, 6.45) is 1.67. The largest absolute Gasteiger partial charge is 0.235 e. The van der Waals surface area contributed by atoms with Gasteiger partial charge in [0.1, 0.15) is 5.15 Å². The highest BCUT2D eigenvalue weighted by Gasteiger charge is 2.08. The van der Waals surface area contributed by atoms with E-state index in [0.29, 0.717) is 15.5 Å². The maximum Gasteiger partial charge on any atom is 0.161 e. The first-order chi connectivity index (χ1) is 7.59. The van der Waals surface area contributed by atoms with Gasteiger partial charge in [-0.15, -0.1) is 0 Å². The lowest BCUT2D eigenvalue weighted by atomic mass is 10.0. The van der Waals surface area contributed by atoms with Gasteiger partial charge in [0.2, 0.25) is 0 Å². The molecule has 1 aromatic carbocycles. The third kappa shape index (κ3) is 2.11. The summed E-state index contributed by atoms with van der Waals surface area (Å²) in [6, 6.07) is 6.07. The Morgan fingerprint density at radius 1 is 1.25 bits per heavy atom. The van der Waals surface area contributed by atoms with E-state index < -0.39 is 0 Å². The Bertz CT molecular complexity index is 541. The van der Waals surface area contributed by atoms with Crippen molar-refractivity contribution in [1.29, 1.82) is 0 Å². The average Bonchev–Trinajstić information content (AvgIpc) is 2.26. The van der Waals surface area contributed by atoms with Crippen LogP contribution in [0, 0.1) is 13.8 Å². The van der Waals surface area contributed by atoms with Crippen LogP contribution in [0.4, 0.5) is 0 Å². The van der Waals surface area contributed by atoms with E-state index in [0.717, 1.165) is 5.56 Å². The van der Waals surface area contributed by atoms with Gasteiger partial charge in [-0.2, -0.15) is 0 Å². The van der Waals surface area contributed by atoms with Gasteiger partial charge >= 0.3 is 0 Å². The van der Waals surface area contributed by atoms with Crippen LogP contribution >= 0.6 is 27.5 Å². The van der Waals surface area contributed by atoms with Crippen LogP contribution in [-0.4, -0.2) is 9.97 Å². The summed E-state index contributed by atoms with van der Waals surface area (Å²) in [4.78, 5) is 8.52. The molecule has 0 atom stereocenters. The van der Waals surface area contributed by atoms with E-state index in [2.05, 4.69) is 45.8 Å². The maximum atomic E-state index is 5.96. The Hall–Kier alpha value is -0.930. The van der Waals surface area contributed by atoms with Gasteiger partial charge in [-0.3, -0.25) is 0 Å². The number of aromatic nitrogens is 2. The van der Waals surface area contributed by atoms with E-state index in [4.69, 9.17) is 11.6 Å². The number of halogens is 2. The van der Waals surface area contributed by atoms with E-state index in [1.165, 1.54) is 11.1 Å². The first kappa shape index (κ1) is 11.6. The van der Waals surface area contributed by atoms with Crippen LogP contribution in [0.25, 0.3) is 11.4 Å². The molecular weight excluding hydrogens is 288 g/mol. The van der Waals surface area contributed by atoms with E-state index in [1.54, 1.807) is 6.20 Å². The van der Waals surface area contributed by atoms with Crippen molar-refractivity contribution in [3.63, 3.8) is 0 Å². The highest BCUT2D eigenvalue weighted by Crippen LogP contribution is 2.26. The van der Waals surface area contributed by atoms with Crippen molar-refractivity contribution in [2.24, 2.45) is 0 Å². The molecule has 0 saturated heterocycles. The monoisotopic (exact) mass is 296 g/mol. The standard InChI is InChI=1S/C12H10BrClN2/c1-7-4-3-5-9(8(7)2)12-15-6-10(13)11(14)16-12/h3-6H,1-2H3. The maximum absolute atomic E-state index is 5.96. The zero-order chi connectivity index (χ0) is 11.7. The fraction of sp³-hybridized carbons (Fsp3) is 0.167. The first-order valence-electron chi connectivity index (χ1n) is 4.84. The van der Waals surface area contributed by atoms with Crippen LogP contribution in [-0.2, 0) is 0 Å². The Balaban J connectivity index is 2.59. The second-order valence-corrected chi connectivity index (χ2v) is 4.79. The minimum Gasteiger partial charge on any atom is -0.235 e. The lowest BCUT2D eigenvalue weighted by molar-refractivity contribution is 1.15. The molecule has 0 aliphatic rings. The van der Waals surface area contributed by atoms with Gasteiger partial charge in [-0.25, -0.2) is 9.97 Å². The lowest BCUT2D eigenvalue weighted by Gasteiger charge is -2.07. The smallest absolute Gasteiger partial charge is 0.161 e. The summed E-state index contributed by atoms with van der Waals surface area (Å²) in [7, 11) is 0. The quantitative estimate of drug-likeness (QED) is 0.738. The predicted octanol–water partition coefficient (Wildman–Crippen LogP) is 4.18. The summed E-state index contributed by atoms with van der Waals surface area (Å²) >= 11 is 9.24. The summed E-state index contributed by atoms with van der Waals surface area (Å²) in [6.45, 7) is 4.13. The van der Waals surface area contributed by atoms with Crippen molar-refractivity contribution in [3.8, 4) is 11.4 Å². The average molecular weight is 298 g/mol. The van der Waals surface area contributed by atoms with Gasteiger partial charge in [0.05, 0.1) is 4.47 Å². The van der Waals surface area contributed by atoms with E-state index in [-0.39, 0.29) is 0 Å². The van der Waals surface area contributed by atoms with Crippen molar-refractivity contribution < 1.29 is 0 Å². The molecule has 0 N–H and O–H groups in total. The van der Waals surface area contributed by atoms with Gasteiger partial charge in [0.15, 0.2) is 5.82 Å². The molecule has 0 spiro atoms. The van der Waals surface area contributed by atoms with Crippen LogP contribution in [0.2, 0.25) is 5.15 Å². The van der Waals surface area contributed by atoms with Crippen molar-refractivity contribution in [2.75, 3.05) is 0 Å². The molecule has 2 aromatic rings. The Kier molecular flexibility index (Phi) is 3.26. The van der Waals surface area contributed by atoms with Gasteiger partial charge < -0.3 is 0 Å². The lowest BCUT2D eigenvalue weighted by Crippen LogP contribution is -1.93. The third-order valence-electron chi connectivity index (χ3n) is 2.55. The van der Waals surface area contributed by atoms with E-state index >= 15 is 0 Å². The third-order valence-corrected chi connectivity index (χ3v) is 3.64.